The van der Waals surface area contributed by atoms with Crippen molar-refractivity contribution in [3.05, 3.63) is 158 Å². The molecule has 0 aliphatic rings. The van der Waals surface area contributed by atoms with Crippen molar-refractivity contribution in [1.82, 2.24) is 4.98 Å². The smallest absolute Gasteiger partial charge is 0.135 e. The second-order valence-corrected chi connectivity index (χ2v) is 12.3. The number of hydrogen-bond donors (Lipinski definition) is 0. The predicted molar refractivity (Wildman–Crippen MR) is 190 cm³/mol. The van der Waals surface area contributed by atoms with Gasteiger partial charge in [0.15, 0.2) is 0 Å². The van der Waals surface area contributed by atoms with Crippen molar-refractivity contribution >= 4 is 70.5 Å². The van der Waals surface area contributed by atoms with Gasteiger partial charge in [-0.15, -0.1) is 11.3 Å². The Morgan fingerprint density at radius 2 is 1.13 bits per heavy atom. The summed E-state index contributed by atoms with van der Waals surface area (Å²) in [7, 11) is 0. The standard InChI is InChI=1S/C41H26N2OS/c1-2-10-27(11-3-1)31-12-4-5-13-32(31)28-18-20-29(21-19-28)43(30-22-23-38-35(24-30)33-14-6-8-16-37(33)44-38)36-25-42-26-40-41(36)34-15-7-9-17-39(34)45-40/h1-26H. The van der Waals surface area contributed by atoms with E-state index >= 15 is 0 Å². The summed E-state index contributed by atoms with van der Waals surface area (Å²) in [5.74, 6) is 0. The van der Waals surface area contributed by atoms with E-state index in [9.17, 15) is 0 Å². The van der Waals surface area contributed by atoms with Gasteiger partial charge in [-0.05, 0) is 64.7 Å². The predicted octanol–water partition coefficient (Wildman–Crippen LogP) is 12.2. The number of furan rings is 1. The van der Waals surface area contributed by atoms with Crippen LogP contribution in [0.1, 0.15) is 0 Å². The Hall–Kier alpha value is -5.71. The molecule has 0 atom stereocenters. The van der Waals surface area contributed by atoms with Crippen molar-refractivity contribution in [2.75, 3.05) is 4.90 Å². The zero-order valence-electron chi connectivity index (χ0n) is 24.2. The van der Waals surface area contributed by atoms with Crippen molar-refractivity contribution in [2.24, 2.45) is 0 Å². The fourth-order valence-electron chi connectivity index (χ4n) is 6.50. The average Bonchev–Trinajstić information content (AvgIpc) is 3.68. The maximum absolute atomic E-state index is 6.20. The Labute approximate surface area is 264 Å². The van der Waals surface area contributed by atoms with Gasteiger partial charge in [0.1, 0.15) is 11.2 Å². The van der Waals surface area contributed by atoms with Gasteiger partial charge in [0.25, 0.3) is 0 Å². The quantitative estimate of drug-likeness (QED) is 0.198. The molecule has 0 spiro atoms. The molecule has 0 amide bonds. The molecular formula is C41H26N2OS. The maximum atomic E-state index is 6.20. The number of anilines is 3. The van der Waals surface area contributed by atoms with Gasteiger partial charge in [-0.1, -0.05) is 103 Å². The highest BCUT2D eigenvalue weighted by Gasteiger charge is 2.20. The fraction of sp³-hybridized carbons (Fsp3) is 0. The summed E-state index contributed by atoms with van der Waals surface area (Å²) >= 11 is 1.78. The molecule has 0 aliphatic carbocycles. The van der Waals surface area contributed by atoms with Crippen molar-refractivity contribution in [3.63, 3.8) is 0 Å². The molecule has 212 valence electrons. The van der Waals surface area contributed by atoms with Gasteiger partial charge >= 0.3 is 0 Å². The third-order valence-corrected chi connectivity index (χ3v) is 9.68. The van der Waals surface area contributed by atoms with E-state index in [1.165, 1.54) is 42.4 Å². The molecule has 0 bridgehead atoms. The molecular weight excluding hydrogens is 569 g/mol. The first kappa shape index (κ1) is 25.8. The Morgan fingerprint density at radius 1 is 0.489 bits per heavy atom. The monoisotopic (exact) mass is 594 g/mol. The van der Waals surface area contributed by atoms with Gasteiger partial charge in [0, 0.05) is 43.8 Å². The third-order valence-electron chi connectivity index (χ3n) is 8.58. The lowest BCUT2D eigenvalue weighted by atomic mass is 9.94. The number of thiophene rings is 1. The average molecular weight is 595 g/mol. The minimum absolute atomic E-state index is 0.880. The van der Waals surface area contributed by atoms with E-state index in [-0.39, 0.29) is 0 Å². The van der Waals surface area contributed by atoms with E-state index in [2.05, 4.69) is 138 Å². The van der Waals surface area contributed by atoms with Gasteiger partial charge in [-0.25, -0.2) is 0 Å². The van der Waals surface area contributed by atoms with Crippen LogP contribution in [0.2, 0.25) is 0 Å². The number of hydrogen-bond acceptors (Lipinski definition) is 4. The van der Waals surface area contributed by atoms with E-state index in [4.69, 9.17) is 9.40 Å². The summed E-state index contributed by atoms with van der Waals surface area (Å²) in [5, 5.41) is 4.65. The highest BCUT2D eigenvalue weighted by Crippen LogP contribution is 2.45. The molecule has 6 aromatic carbocycles. The lowest BCUT2D eigenvalue weighted by Gasteiger charge is -2.26. The van der Waals surface area contributed by atoms with Crippen LogP contribution >= 0.6 is 11.3 Å². The fourth-order valence-corrected chi connectivity index (χ4v) is 7.60. The minimum Gasteiger partial charge on any atom is -0.456 e. The van der Waals surface area contributed by atoms with Crippen LogP contribution in [0.3, 0.4) is 0 Å². The summed E-state index contributed by atoms with van der Waals surface area (Å²) in [6, 6.07) is 51.5. The molecule has 0 saturated heterocycles. The first-order chi connectivity index (χ1) is 22.3. The number of fused-ring (bicyclic) bond motifs is 6. The van der Waals surface area contributed by atoms with Crippen molar-refractivity contribution in [3.8, 4) is 22.3 Å². The molecule has 4 heteroatoms. The van der Waals surface area contributed by atoms with E-state index in [0.717, 1.165) is 39.0 Å². The zero-order valence-corrected chi connectivity index (χ0v) is 25.0. The van der Waals surface area contributed by atoms with Crippen LogP contribution in [0.15, 0.2) is 162 Å². The van der Waals surface area contributed by atoms with E-state index < -0.39 is 0 Å². The van der Waals surface area contributed by atoms with E-state index in [0.29, 0.717) is 0 Å². The molecule has 3 aromatic heterocycles. The number of nitrogens with zero attached hydrogens (tertiary/aromatic N) is 2. The molecule has 0 saturated carbocycles. The van der Waals surface area contributed by atoms with E-state index in [1.807, 2.05) is 24.5 Å². The van der Waals surface area contributed by atoms with Crippen molar-refractivity contribution < 1.29 is 4.42 Å². The molecule has 45 heavy (non-hydrogen) atoms. The maximum Gasteiger partial charge on any atom is 0.135 e. The lowest BCUT2D eigenvalue weighted by molar-refractivity contribution is 0.669. The molecule has 3 heterocycles. The van der Waals surface area contributed by atoms with Gasteiger partial charge < -0.3 is 9.32 Å². The van der Waals surface area contributed by atoms with Crippen molar-refractivity contribution in [1.29, 1.82) is 0 Å². The summed E-state index contributed by atoms with van der Waals surface area (Å²) < 4.78 is 8.62. The largest absolute Gasteiger partial charge is 0.456 e. The van der Waals surface area contributed by atoms with E-state index in [1.54, 1.807) is 11.3 Å². The lowest BCUT2D eigenvalue weighted by Crippen LogP contribution is -2.10. The van der Waals surface area contributed by atoms with Gasteiger partial charge in [-0.2, -0.15) is 0 Å². The number of pyridine rings is 1. The summed E-state index contributed by atoms with van der Waals surface area (Å²) in [6.07, 6.45) is 3.98. The normalized spacial score (nSPS) is 11.6. The molecule has 0 radical (unpaired) electrons. The summed E-state index contributed by atoms with van der Waals surface area (Å²) in [6.45, 7) is 0. The summed E-state index contributed by atoms with van der Waals surface area (Å²) in [5.41, 5.74) is 9.75. The summed E-state index contributed by atoms with van der Waals surface area (Å²) in [4.78, 5) is 7.08. The van der Waals surface area contributed by atoms with Crippen LogP contribution in [-0.4, -0.2) is 4.98 Å². The highest BCUT2D eigenvalue weighted by atomic mass is 32.1. The van der Waals surface area contributed by atoms with Crippen LogP contribution in [0.4, 0.5) is 17.1 Å². The highest BCUT2D eigenvalue weighted by molar-refractivity contribution is 7.25. The number of para-hydroxylation sites is 1. The zero-order chi connectivity index (χ0) is 29.7. The van der Waals surface area contributed by atoms with Crippen LogP contribution in [0.25, 0.3) is 64.4 Å². The Bertz CT molecular complexity index is 2490. The first-order valence-corrected chi connectivity index (χ1v) is 15.8. The van der Waals surface area contributed by atoms with Gasteiger partial charge in [-0.3, -0.25) is 4.98 Å². The molecule has 0 aliphatic heterocycles. The number of benzene rings is 6. The third kappa shape index (κ3) is 4.30. The second kappa shape index (κ2) is 10.5. The van der Waals surface area contributed by atoms with Crippen LogP contribution in [-0.2, 0) is 0 Å². The molecule has 9 aromatic rings. The van der Waals surface area contributed by atoms with Crippen molar-refractivity contribution in [2.45, 2.75) is 0 Å². The number of rotatable bonds is 5. The Balaban J connectivity index is 1.25. The van der Waals surface area contributed by atoms with Gasteiger partial charge in [0.2, 0.25) is 0 Å². The second-order valence-electron chi connectivity index (χ2n) is 11.2. The topological polar surface area (TPSA) is 29.3 Å². The SMILES string of the molecule is c1ccc(-c2ccccc2-c2ccc(N(c3ccc4oc5ccccc5c4c3)c3cncc4sc5ccccc5c34)cc2)cc1. The Morgan fingerprint density at radius 3 is 1.96 bits per heavy atom. The molecule has 3 nitrogen and oxygen atoms in total. The van der Waals surface area contributed by atoms with Crippen LogP contribution in [0, 0.1) is 0 Å². The van der Waals surface area contributed by atoms with Crippen LogP contribution in [0.5, 0.6) is 0 Å². The molecule has 0 N–H and O–H groups in total. The Kier molecular flexibility index (Phi) is 6.00. The molecule has 0 unspecified atom stereocenters. The number of aromatic nitrogens is 1. The molecule has 9 rings (SSSR count). The first-order valence-electron chi connectivity index (χ1n) is 15.0. The van der Waals surface area contributed by atoms with Crippen LogP contribution < -0.4 is 4.90 Å². The van der Waals surface area contributed by atoms with Gasteiger partial charge in [0.05, 0.1) is 16.6 Å². The minimum atomic E-state index is 0.880. The molecule has 0 fully saturated rings.